The second kappa shape index (κ2) is 8.15. The van der Waals surface area contributed by atoms with Gasteiger partial charge in [-0.3, -0.25) is 0 Å². The summed E-state index contributed by atoms with van der Waals surface area (Å²) < 4.78 is 2.63. The first-order valence-corrected chi connectivity index (χ1v) is 12.5. The van der Waals surface area contributed by atoms with Crippen LogP contribution in [0.15, 0.2) is 121 Å². The zero-order chi connectivity index (χ0) is 23.2. The molecule has 0 spiro atoms. The van der Waals surface area contributed by atoms with Crippen LogP contribution in [0.3, 0.4) is 0 Å². The minimum absolute atomic E-state index is 0.745. The summed E-state index contributed by atoms with van der Waals surface area (Å²) in [6.45, 7) is 0. The number of benzene rings is 5. The van der Waals surface area contributed by atoms with Crippen molar-refractivity contribution in [1.82, 2.24) is 9.97 Å². The van der Waals surface area contributed by atoms with Crippen LogP contribution in [0.5, 0.6) is 0 Å². The van der Waals surface area contributed by atoms with Gasteiger partial charge in [-0.05, 0) is 29.3 Å². The molecule has 2 nitrogen and oxygen atoms in total. The van der Waals surface area contributed by atoms with Crippen molar-refractivity contribution < 1.29 is 0 Å². The Morgan fingerprint density at radius 1 is 0.486 bits per heavy atom. The Morgan fingerprint density at radius 2 is 1.20 bits per heavy atom. The second-order valence-corrected chi connectivity index (χ2v) is 9.69. The fourth-order valence-electron chi connectivity index (χ4n) is 4.80. The summed E-state index contributed by atoms with van der Waals surface area (Å²) in [6, 6.07) is 42.4. The highest BCUT2D eigenvalue weighted by Crippen LogP contribution is 2.40. The first-order chi connectivity index (χ1) is 17.3. The highest BCUT2D eigenvalue weighted by Gasteiger charge is 2.14. The van der Waals surface area contributed by atoms with Gasteiger partial charge in [0.2, 0.25) is 0 Å². The summed E-state index contributed by atoms with van der Waals surface area (Å²) in [6.07, 6.45) is 0. The largest absolute Gasteiger partial charge is 0.228 e. The number of hydrogen-bond acceptors (Lipinski definition) is 3. The Labute approximate surface area is 207 Å². The van der Waals surface area contributed by atoms with Crippen LogP contribution in [0.4, 0.5) is 0 Å². The van der Waals surface area contributed by atoms with E-state index >= 15 is 0 Å². The molecule has 0 bridgehead atoms. The van der Waals surface area contributed by atoms with Gasteiger partial charge in [0.25, 0.3) is 0 Å². The molecule has 0 N–H and O–H groups in total. The molecule has 0 radical (unpaired) electrons. The van der Waals surface area contributed by atoms with Gasteiger partial charge in [0.05, 0.1) is 11.2 Å². The molecule has 0 fully saturated rings. The number of fused-ring (bicyclic) bond motifs is 4. The van der Waals surface area contributed by atoms with Gasteiger partial charge >= 0.3 is 0 Å². The average molecular weight is 465 g/mol. The van der Waals surface area contributed by atoms with Crippen molar-refractivity contribution in [2.45, 2.75) is 0 Å². The molecule has 0 saturated heterocycles. The van der Waals surface area contributed by atoms with E-state index in [1.807, 2.05) is 35.6 Å². The second-order valence-electron chi connectivity index (χ2n) is 8.64. The lowest BCUT2D eigenvalue weighted by Crippen LogP contribution is -1.95. The molecule has 0 aliphatic carbocycles. The molecular formula is C32H20N2S. The van der Waals surface area contributed by atoms with E-state index in [2.05, 4.69) is 97.1 Å². The first kappa shape index (κ1) is 20.1. The van der Waals surface area contributed by atoms with Crippen molar-refractivity contribution in [3.63, 3.8) is 0 Å². The van der Waals surface area contributed by atoms with Crippen LogP contribution in [0.2, 0.25) is 0 Å². The third-order valence-electron chi connectivity index (χ3n) is 6.49. The maximum absolute atomic E-state index is 5.03. The zero-order valence-electron chi connectivity index (χ0n) is 18.8. The molecule has 0 saturated carbocycles. The Hall–Kier alpha value is -4.34. The molecule has 0 amide bonds. The van der Waals surface area contributed by atoms with Gasteiger partial charge in [0.1, 0.15) is 0 Å². The van der Waals surface area contributed by atoms with Gasteiger partial charge in [0.15, 0.2) is 5.82 Å². The van der Waals surface area contributed by atoms with Gasteiger partial charge in [-0.15, -0.1) is 11.3 Å². The summed E-state index contributed by atoms with van der Waals surface area (Å²) >= 11 is 1.86. The molecule has 7 rings (SSSR count). The monoisotopic (exact) mass is 464 g/mol. The van der Waals surface area contributed by atoms with Crippen LogP contribution >= 0.6 is 11.3 Å². The third-order valence-corrected chi connectivity index (χ3v) is 7.71. The van der Waals surface area contributed by atoms with E-state index in [-0.39, 0.29) is 0 Å². The average Bonchev–Trinajstić information content (AvgIpc) is 3.32. The van der Waals surface area contributed by atoms with Crippen molar-refractivity contribution in [2.75, 3.05) is 0 Å². The number of nitrogens with zero attached hydrogens (tertiary/aromatic N) is 2. The molecule has 2 aromatic heterocycles. The molecule has 0 aliphatic rings. The van der Waals surface area contributed by atoms with Crippen LogP contribution < -0.4 is 0 Å². The van der Waals surface area contributed by atoms with Gasteiger partial charge in [-0.25, -0.2) is 9.97 Å². The maximum Gasteiger partial charge on any atom is 0.160 e. The molecule has 35 heavy (non-hydrogen) atoms. The minimum Gasteiger partial charge on any atom is -0.228 e. The third kappa shape index (κ3) is 3.40. The van der Waals surface area contributed by atoms with Crippen molar-refractivity contribution in [3.05, 3.63) is 121 Å². The molecule has 0 unspecified atom stereocenters. The summed E-state index contributed by atoms with van der Waals surface area (Å²) in [5.74, 6) is 0.745. The van der Waals surface area contributed by atoms with Crippen LogP contribution in [0.1, 0.15) is 0 Å². The van der Waals surface area contributed by atoms with Crippen molar-refractivity contribution in [1.29, 1.82) is 0 Å². The molecule has 2 heterocycles. The minimum atomic E-state index is 0.745. The Morgan fingerprint density at radius 3 is 2.03 bits per heavy atom. The summed E-state index contributed by atoms with van der Waals surface area (Å²) in [5, 5.41) is 3.68. The highest BCUT2D eigenvalue weighted by molar-refractivity contribution is 7.26. The number of rotatable bonds is 3. The first-order valence-electron chi connectivity index (χ1n) is 11.7. The molecule has 5 aromatic carbocycles. The van der Waals surface area contributed by atoms with E-state index in [4.69, 9.17) is 9.97 Å². The highest BCUT2D eigenvalue weighted by atomic mass is 32.1. The van der Waals surface area contributed by atoms with Crippen molar-refractivity contribution in [3.8, 4) is 33.8 Å². The standard InChI is InChI=1S/C32H20N2S/c1-3-10-21(11-4-1)30-27-19-18-23(20-28(27)33-32(34-30)22-12-5-2-6-13-22)24-15-9-16-26-25-14-7-8-17-29(25)35-31(24)26/h1-20H. The molecule has 0 atom stereocenters. The van der Waals surface area contributed by atoms with Crippen molar-refractivity contribution in [2.24, 2.45) is 0 Å². The van der Waals surface area contributed by atoms with E-state index in [1.165, 1.54) is 31.3 Å². The van der Waals surface area contributed by atoms with Gasteiger partial charge < -0.3 is 0 Å². The number of hydrogen-bond donors (Lipinski definition) is 0. The number of aromatic nitrogens is 2. The zero-order valence-corrected chi connectivity index (χ0v) is 19.7. The van der Waals surface area contributed by atoms with Crippen LogP contribution in [0.25, 0.3) is 64.8 Å². The van der Waals surface area contributed by atoms with Gasteiger partial charge in [-0.2, -0.15) is 0 Å². The quantitative estimate of drug-likeness (QED) is 0.261. The fourth-order valence-corrected chi connectivity index (χ4v) is 6.04. The Kier molecular flexibility index (Phi) is 4.68. The summed E-state index contributed by atoms with van der Waals surface area (Å²) in [7, 11) is 0. The molecule has 0 aliphatic heterocycles. The molecule has 3 heteroatoms. The van der Waals surface area contributed by atoms with E-state index in [0.29, 0.717) is 0 Å². The number of thiophene rings is 1. The predicted molar refractivity (Wildman–Crippen MR) is 149 cm³/mol. The lowest BCUT2D eigenvalue weighted by molar-refractivity contribution is 1.23. The van der Waals surface area contributed by atoms with Gasteiger partial charge in [-0.1, -0.05) is 103 Å². The van der Waals surface area contributed by atoms with E-state index in [9.17, 15) is 0 Å². The Balaban J connectivity index is 1.49. The molecule has 7 aromatic rings. The lowest BCUT2D eigenvalue weighted by atomic mass is 9.99. The van der Waals surface area contributed by atoms with E-state index in [0.717, 1.165) is 33.5 Å². The Bertz CT molecular complexity index is 1840. The maximum atomic E-state index is 5.03. The van der Waals surface area contributed by atoms with E-state index in [1.54, 1.807) is 0 Å². The SMILES string of the molecule is c1ccc(-c2nc(-c3ccccc3)c3ccc(-c4cccc5c4sc4ccccc45)cc3n2)cc1. The molecule has 164 valence electrons. The van der Waals surface area contributed by atoms with Crippen LogP contribution in [-0.4, -0.2) is 9.97 Å². The topological polar surface area (TPSA) is 25.8 Å². The lowest BCUT2D eigenvalue weighted by Gasteiger charge is -2.11. The smallest absolute Gasteiger partial charge is 0.160 e. The van der Waals surface area contributed by atoms with Crippen LogP contribution in [0, 0.1) is 0 Å². The summed E-state index contributed by atoms with van der Waals surface area (Å²) in [4.78, 5) is 10.0. The van der Waals surface area contributed by atoms with Crippen LogP contribution in [-0.2, 0) is 0 Å². The summed E-state index contributed by atoms with van der Waals surface area (Å²) in [5.41, 5.74) is 6.44. The molecular weight excluding hydrogens is 444 g/mol. The van der Waals surface area contributed by atoms with E-state index < -0.39 is 0 Å². The fraction of sp³-hybridized carbons (Fsp3) is 0. The van der Waals surface area contributed by atoms with Gasteiger partial charge in [0, 0.05) is 36.7 Å². The normalized spacial score (nSPS) is 11.4. The predicted octanol–water partition coefficient (Wildman–Crippen LogP) is 9.00. The van der Waals surface area contributed by atoms with Crippen molar-refractivity contribution >= 4 is 42.4 Å².